The Balaban J connectivity index is 1.57. The van der Waals surface area contributed by atoms with Gasteiger partial charge in [-0.3, -0.25) is 4.79 Å². The van der Waals surface area contributed by atoms with Crippen molar-refractivity contribution in [3.05, 3.63) is 70.8 Å². The van der Waals surface area contributed by atoms with Crippen LogP contribution in [0.4, 0.5) is 8.78 Å². The normalized spacial score (nSPS) is 20.6. The van der Waals surface area contributed by atoms with Gasteiger partial charge in [-0.05, 0) is 73.8 Å². The minimum absolute atomic E-state index is 0.269. The molecule has 1 fully saturated rings. The number of carboxylic acid groups (broad SMARTS) is 1. The molecule has 0 amide bonds. The average molecular weight is 457 g/mol. The molecule has 0 aliphatic heterocycles. The van der Waals surface area contributed by atoms with Crippen LogP contribution in [-0.4, -0.2) is 11.1 Å². The lowest BCUT2D eigenvalue weighted by Gasteiger charge is -2.37. The fourth-order valence-corrected chi connectivity index (χ4v) is 5.31. The molecule has 0 saturated heterocycles. The maximum atomic E-state index is 15.2. The molecule has 0 radical (unpaired) electrons. The van der Waals surface area contributed by atoms with Crippen LogP contribution in [0.3, 0.4) is 0 Å². The number of rotatable bonds is 12. The van der Waals surface area contributed by atoms with Gasteiger partial charge in [0.1, 0.15) is 11.6 Å². The van der Waals surface area contributed by atoms with E-state index in [1.165, 1.54) is 56.7 Å². The van der Waals surface area contributed by atoms with Gasteiger partial charge in [-0.1, -0.05) is 76.1 Å². The number of aliphatic carboxylic acids is 1. The summed E-state index contributed by atoms with van der Waals surface area (Å²) in [5, 5.41) is 10.1. The second-order valence-electron chi connectivity index (χ2n) is 9.83. The summed E-state index contributed by atoms with van der Waals surface area (Å²) < 4.78 is 28.2. The summed E-state index contributed by atoms with van der Waals surface area (Å²) in [5.74, 6) is -1.03. The molecule has 0 aromatic heterocycles. The Morgan fingerprint density at radius 2 is 1.52 bits per heavy atom. The lowest BCUT2D eigenvalue weighted by molar-refractivity contribution is -0.145. The van der Waals surface area contributed by atoms with Gasteiger partial charge in [0.25, 0.3) is 0 Å². The fraction of sp³-hybridized carbons (Fsp3) is 0.552. The van der Waals surface area contributed by atoms with Crippen molar-refractivity contribution in [1.29, 1.82) is 0 Å². The van der Waals surface area contributed by atoms with Crippen LogP contribution in [0.1, 0.15) is 94.2 Å². The van der Waals surface area contributed by atoms with Gasteiger partial charge < -0.3 is 5.11 Å². The molecule has 0 unspecified atom stereocenters. The van der Waals surface area contributed by atoms with Crippen molar-refractivity contribution >= 4 is 5.97 Å². The Bertz CT molecular complexity index is 883. The first-order valence-corrected chi connectivity index (χ1v) is 12.7. The predicted octanol–water partition coefficient (Wildman–Crippen LogP) is 8.01. The van der Waals surface area contributed by atoms with Crippen molar-refractivity contribution < 1.29 is 18.7 Å². The van der Waals surface area contributed by atoms with Crippen LogP contribution < -0.4 is 0 Å². The highest BCUT2D eigenvalue weighted by molar-refractivity contribution is 5.81. The molecule has 3 rings (SSSR count). The molecule has 4 heteroatoms. The van der Waals surface area contributed by atoms with Crippen LogP contribution >= 0.6 is 0 Å². The third-order valence-corrected chi connectivity index (χ3v) is 7.50. The number of halogens is 2. The molecule has 2 aromatic carbocycles. The molecule has 0 atom stereocenters. The van der Waals surface area contributed by atoms with Crippen LogP contribution in [0.15, 0.2) is 42.5 Å². The first-order chi connectivity index (χ1) is 15.9. The monoisotopic (exact) mass is 456 g/mol. The lowest BCUT2D eigenvalue weighted by Crippen LogP contribution is -2.40. The second-order valence-corrected chi connectivity index (χ2v) is 9.83. The summed E-state index contributed by atoms with van der Waals surface area (Å²) in [4.78, 5) is 12.3. The number of aryl methyl sites for hydroxylation is 2. The van der Waals surface area contributed by atoms with Gasteiger partial charge in [0.15, 0.2) is 0 Å². The van der Waals surface area contributed by atoms with Crippen LogP contribution in [0.25, 0.3) is 0 Å². The molecule has 33 heavy (non-hydrogen) atoms. The summed E-state index contributed by atoms with van der Waals surface area (Å²) in [6.07, 6.45) is 12.8. The van der Waals surface area contributed by atoms with E-state index in [4.69, 9.17) is 0 Å². The Morgan fingerprint density at radius 1 is 0.909 bits per heavy atom. The van der Waals surface area contributed by atoms with Crippen molar-refractivity contribution in [2.24, 2.45) is 5.92 Å². The number of unbranched alkanes of at least 4 members (excludes halogenated alkanes) is 5. The first kappa shape index (κ1) is 25.4. The second kappa shape index (κ2) is 12.3. The number of hydrogen-bond donors (Lipinski definition) is 1. The van der Waals surface area contributed by atoms with E-state index >= 15 is 4.39 Å². The molecule has 180 valence electrons. The van der Waals surface area contributed by atoms with Gasteiger partial charge in [0.05, 0.1) is 5.41 Å². The van der Waals surface area contributed by atoms with Gasteiger partial charge in [0, 0.05) is 5.56 Å². The molecule has 0 spiro atoms. The van der Waals surface area contributed by atoms with E-state index in [0.29, 0.717) is 37.2 Å². The van der Waals surface area contributed by atoms with Crippen molar-refractivity contribution in [1.82, 2.24) is 0 Å². The Labute approximate surface area is 197 Å². The summed E-state index contributed by atoms with van der Waals surface area (Å²) in [7, 11) is 0. The van der Waals surface area contributed by atoms with E-state index in [-0.39, 0.29) is 5.82 Å². The predicted molar refractivity (Wildman–Crippen MR) is 129 cm³/mol. The number of carbonyl (C=O) groups is 1. The Morgan fingerprint density at radius 3 is 2.15 bits per heavy atom. The molecular weight excluding hydrogens is 418 g/mol. The molecule has 1 N–H and O–H groups in total. The zero-order valence-corrected chi connectivity index (χ0v) is 19.9. The molecule has 0 heterocycles. The maximum Gasteiger partial charge on any atom is 0.314 e. The standard InChI is InChI=1S/C29H38F2O2/c1-2-3-4-5-6-7-8-22-17-19-29(20-18-22,28(32)33)26-16-13-24(21-27(26)31)10-9-23-11-14-25(30)15-12-23/h11-16,21-22H,2-10,17-20H2,1H3,(H,32,33). The maximum absolute atomic E-state index is 15.2. The molecule has 2 aromatic rings. The molecule has 0 bridgehead atoms. The number of carboxylic acids is 1. The SMILES string of the molecule is CCCCCCCCC1CCC(C(=O)O)(c2ccc(CCc3ccc(F)cc3)cc2F)CC1. The van der Waals surface area contributed by atoms with E-state index in [0.717, 1.165) is 30.4 Å². The van der Waals surface area contributed by atoms with Crippen molar-refractivity contribution in [3.8, 4) is 0 Å². The molecule has 1 aliphatic rings. The average Bonchev–Trinajstić information content (AvgIpc) is 2.81. The van der Waals surface area contributed by atoms with E-state index in [1.807, 2.05) is 6.07 Å². The third-order valence-electron chi connectivity index (χ3n) is 7.50. The van der Waals surface area contributed by atoms with Crippen molar-refractivity contribution in [2.75, 3.05) is 0 Å². The van der Waals surface area contributed by atoms with Crippen LogP contribution in [0, 0.1) is 17.6 Å². The zero-order valence-electron chi connectivity index (χ0n) is 19.9. The smallest absolute Gasteiger partial charge is 0.314 e. The summed E-state index contributed by atoms with van der Waals surface area (Å²) >= 11 is 0. The molecule has 1 aliphatic carbocycles. The highest BCUT2D eigenvalue weighted by atomic mass is 19.1. The van der Waals surface area contributed by atoms with E-state index in [2.05, 4.69) is 6.92 Å². The summed E-state index contributed by atoms with van der Waals surface area (Å²) in [6, 6.07) is 11.4. The lowest BCUT2D eigenvalue weighted by atomic mass is 9.65. The molecule has 2 nitrogen and oxygen atoms in total. The van der Waals surface area contributed by atoms with E-state index < -0.39 is 17.2 Å². The topological polar surface area (TPSA) is 37.3 Å². The van der Waals surface area contributed by atoms with Crippen LogP contribution in [-0.2, 0) is 23.1 Å². The minimum atomic E-state index is -1.11. The number of benzene rings is 2. The molecular formula is C29H38F2O2. The van der Waals surface area contributed by atoms with Crippen LogP contribution in [0.5, 0.6) is 0 Å². The van der Waals surface area contributed by atoms with Gasteiger partial charge in [-0.2, -0.15) is 0 Å². The quantitative estimate of drug-likeness (QED) is 0.328. The highest BCUT2D eigenvalue weighted by Gasteiger charge is 2.44. The zero-order chi connectivity index (χ0) is 23.7. The minimum Gasteiger partial charge on any atom is -0.481 e. The van der Waals surface area contributed by atoms with Gasteiger partial charge in [-0.25, -0.2) is 8.78 Å². The van der Waals surface area contributed by atoms with Gasteiger partial charge >= 0.3 is 5.97 Å². The summed E-state index contributed by atoms with van der Waals surface area (Å²) in [5.41, 5.74) is 1.04. The fourth-order valence-electron chi connectivity index (χ4n) is 5.31. The van der Waals surface area contributed by atoms with Gasteiger partial charge in [0.2, 0.25) is 0 Å². The number of hydrogen-bond acceptors (Lipinski definition) is 1. The van der Waals surface area contributed by atoms with Gasteiger partial charge in [-0.15, -0.1) is 0 Å². The Hall–Kier alpha value is -2.23. The van der Waals surface area contributed by atoms with Crippen molar-refractivity contribution in [3.63, 3.8) is 0 Å². The first-order valence-electron chi connectivity index (χ1n) is 12.7. The van der Waals surface area contributed by atoms with E-state index in [9.17, 15) is 14.3 Å². The van der Waals surface area contributed by atoms with Crippen LogP contribution in [0.2, 0.25) is 0 Å². The summed E-state index contributed by atoms with van der Waals surface area (Å²) in [6.45, 7) is 2.22. The third kappa shape index (κ3) is 6.88. The van der Waals surface area contributed by atoms with E-state index in [1.54, 1.807) is 18.2 Å². The molecule has 1 saturated carbocycles. The van der Waals surface area contributed by atoms with Crippen molar-refractivity contribution in [2.45, 2.75) is 95.8 Å². The largest absolute Gasteiger partial charge is 0.481 e. The highest BCUT2D eigenvalue weighted by Crippen LogP contribution is 2.44. The Kier molecular flexibility index (Phi) is 9.46.